The summed E-state index contributed by atoms with van der Waals surface area (Å²) in [6, 6.07) is 0. The van der Waals surface area contributed by atoms with Gasteiger partial charge in [0.25, 0.3) is 0 Å². The van der Waals surface area contributed by atoms with Crippen molar-refractivity contribution in [1.82, 2.24) is 4.90 Å². The van der Waals surface area contributed by atoms with E-state index in [1.807, 2.05) is 6.92 Å². The van der Waals surface area contributed by atoms with E-state index in [4.69, 9.17) is 0 Å². The maximum absolute atomic E-state index is 10.7. The Hall–Kier alpha value is -0.0800. The van der Waals surface area contributed by atoms with Gasteiger partial charge in [-0.15, -0.1) is 0 Å². The zero-order valence-corrected chi connectivity index (χ0v) is 11.6. The molecule has 0 amide bonds. The molecule has 0 radical (unpaired) electrons. The highest BCUT2D eigenvalue weighted by Gasteiger charge is 2.59. The van der Waals surface area contributed by atoms with Crippen molar-refractivity contribution in [3.8, 4) is 0 Å². The highest BCUT2D eigenvalue weighted by atomic mass is 16.3. The highest BCUT2D eigenvalue weighted by Crippen LogP contribution is 2.53. The van der Waals surface area contributed by atoms with Crippen LogP contribution in [0.2, 0.25) is 0 Å². The third kappa shape index (κ3) is 1.53. The second-order valence-electron chi connectivity index (χ2n) is 7.01. The number of aliphatic hydroxyl groups is 1. The van der Waals surface area contributed by atoms with Crippen molar-refractivity contribution >= 4 is 0 Å². The minimum absolute atomic E-state index is 0.0156. The van der Waals surface area contributed by atoms with Gasteiger partial charge in [-0.05, 0) is 48.1 Å². The van der Waals surface area contributed by atoms with Crippen LogP contribution in [-0.4, -0.2) is 33.7 Å². The van der Waals surface area contributed by atoms with Gasteiger partial charge in [0.05, 0.1) is 5.60 Å². The molecule has 1 rings (SSSR count). The van der Waals surface area contributed by atoms with Crippen LogP contribution in [0.4, 0.5) is 0 Å². The van der Waals surface area contributed by atoms with E-state index < -0.39 is 5.60 Å². The molecule has 2 nitrogen and oxygen atoms in total. The molecule has 1 aliphatic heterocycles. The first-order valence-electron chi connectivity index (χ1n) is 5.83. The van der Waals surface area contributed by atoms with Crippen LogP contribution in [0.3, 0.4) is 0 Å². The van der Waals surface area contributed by atoms with E-state index in [0.717, 1.165) is 6.42 Å². The summed E-state index contributed by atoms with van der Waals surface area (Å²) in [6.45, 7) is 15.2. The molecule has 0 aromatic rings. The van der Waals surface area contributed by atoms with Gasteiger partial charge in [-0.25, -0.2) is 0 Å². The fraction of sp³-hybridized carbons (Fsp3) is 1.00. The maximum Gasteiger partial charge on any atom is 0.0705 e. The predicted molar refractivity (Wildman–Crippen MR) is 64.9 cm³/mol. The van der Waals surface area contributed by atoms with Crippen LogP contribution in [0.5, 0.6) is 0 Å². The summed E-state index contributed by atoms with van der Waals surface area (Å²) in [7, 11) is 2.16. The van der Waals surface area contributed by atoms with Crippen molar-refractivity contribution in [2.75, 3.05) is 7.05 Å². The lowest BCUT2D eigenvalue weighted by molar-refractivity contribution is -0.206. The molecule has 0 bridgehead atoms. The van der Waals surface area contributed by atoms with E-state index in [-0.39, 0.29) is 16.5 Å². The molecule has 1 atom stereocenters. The summed E-state index contributed by atoms with van der Waals surface area (Å²) in [5.74, 6) is 0. The Bertz CT molecular complexity index is 264. The first-order chi connectivity index (χ1) is 6.36. The van der Waals surface area contributed by atoms with Gasteiger partial charge in [0.2, 0.25) is 0 Å². The average molecular weight is 213 g/mol. The van der Waals surface area contributed by atoms with Gasteiger partial charge >= 0.3 is 0 Å². The molecule has 1 saturated heterocycles. The Morgan fingerprint density at radius 2 is 1.33 bits per heavy atom. The molecule has 1 N–H and O–H groups in total. The van der Waals surface area contributed by atoms with Crippen molar-refractivity contribution in [3.05, 3.63) is 0 Å². The fourth-order valence-corrected chi connectivity index (χ4v) is 3.02. The van der Waals surface area contributed by atoms with Crippen molar-refractivity contribution in [3.63, 3.8) is 0 Å². The summed E-state index contributed by atoms with van der Waals surface area (Å²) in [5, 5.41) is 10.7. The number of hydrogen-bond acceptors (Lipinski definition) is 2. The molecule has 90 valence electrons. The van der Waals surface area contributed by atoms with Crippen LogP contribution in [0.25, 0.3) is 0 Å². The van der Waals surface area contributed by atoms with Crippen molar-refractivity contribution < 1.29 is 5.11 Å². The minimum atomic E-state index is -0.619. The van der Waals surface area contributed by atoms with Crippen molar-refractivity contribution in [2.24, 2.45) is 5.41 Å². The molecule has 1 fully saturated rings. The average Bonchev–Trinajstić information content (AvgIpc) is 1.98. The lowest BCUT2D eigenvalue weighted by Gasteiger charge is -2.65. The van der Waals surface area contributed by atoms with Gasteiger partial charge < -0.3 is 5.11 Å². The molecule has 1 unspecified atom stereocenters. The lowest BCUT2D eigenvalue weighted by atomic mass is 9.56. The van der Waals surface area contributed by atoms with Crippen LogP contribution >= 0.6 is 0 Å². The minimum Gasteiger partial charge on any atom is -0.389 e. The van der Waals surface area contributed by atoms with Crippen LogP contribution < -0.4 is 0 Å². The lowest BCUT2D eigenvalue weighted by Crippen LogP contribution is -2.72. The zero-order chi connectivity index (χ0) is 12.3. The topological polar surface area (TPSA) is 23.5 Å². The highest BCUT2D eigenvalue weighted by molar-refractivity contribution is 5.13. The third-order valence-electron chi connectivity index (χ3n) is 5.40. The van der Waals surface area contributed by atoms with Gasteiger partial charge in [-0.3, -0.25) is 4.90 Å². The summed E-state index contributed by atoms with van der Waals surface area (Å²) in [6.07, 6.45) is 0.812. The Morgan fingerprint density at radius 1 is 0.933 bits per heavy atom. The standard InChI is InChI=1S/C13H27NO/c1-10(2)9-13(7,15)11(3,4)12(5,6)14(10)8/h15H,9H2,1-8H3. The molecule has 0 saturated carbocycles. The molecule has 15 heavy (non-hydrogen) atoms. The van der Waals surface area contributed by atoms with Crippen molar-refractivity contribution in [2.45, 2.75) is 71.6 Å². The molecule has 2 heteroatoms. The summed E-state index contributed by atoms with van der Waals surface area (Å²) >= 11 is 0. The Balaban J connectivity index is 3.27. The summed E-state index contributed by atoms with van der Waals surface area (Å²) in [4.78, 5) is 2.40. The van der Waals surface area contributed by atoms with Crippen LogP contribution in [-0.2, 0) is 0 Å². The van der Waals surface area contributed by atoms with Crippen LogP contribution in [0.15, 0.2) is 0 Å². The fourth-order valence-electron chi connectivity index (χ4n) is 3.02. The number of piperidine rings is 1. The van der Waals surface area contributed by atoms with Crippen molar-refractivity contribution in [1.29, 1.82) is 0 Å². The smallest absolute Gasteiger partial charge is 0.0705 e. The largest absolute Gasteiger partial charge is 0.389 e. The normalized spacial score (nSPS) is 39.0. The molecule has 1 aliphatic rings. The summed E-state index contributed by atoms with van der Waals surface area (Å²) in [5.41, 5.74) is -0.711. The maximum atomic E-state index is 10.7. The van der Waals surface area contributed by atoms with E-state index in [2.05, 4.69) is 53.5 Å². The Labute approximate surface area is 94.7 Å². The monoisotopic (exact) mass is 213 g/mol. The van der Waals surface area contributed by atoms with Gasteiger partial charge in [0.1, 0.15) is 0 Å². The molecular weight excluding hydrogens is 186 g/mol. The Morgan fingerprint density at radius 3 is 1.73 bits per heavy atom. The van der Waals surface area contributed by atoms with E-state index in [1.54, 1.807) is 0 Å². The third-order valence-corrected chi connectivity index (χ3v) is 5.40. The van der Waals surface area contributed by atoms with Gasteiger partial charge in [-0.1, -0.05) is 13.8 Å². The predicted octanol–water partition coefficient (Wildman–Crippen LogP) is 2.66. The first kappa shape index (κ1) is 13.0. The SMILES string of the molecule is CN1C(C)(C)CC(C)(O)C(C)(C)C1(C)C. The van der Waals surface area contributed by atoms with Crippen LogP contribution in [0.1, 0.15) is 54.9 Å². The molecule has 0 aliphatic carbocycles. The van der Waals surface area contributed by atoms with Gasteiger partial charge in [0, 0.05) is 16.5 Å². The quantitative estimate of drug-likeness (QED) is 0.668. The molecule has 0 aromatic carbocycles. The molecule has 0 aromatic heterocycles. The summed E-state index contributed by atoms with van der Waals surface area (Å²) < 4.78 is 0. The number of nitrogens with zero attached hydrogens (tertiary/aromatic N) is 1. The van der Waals surface area contributed by atoms with E-state index >= 15 is 0 Å². The molecular formula is C13H27NO. The van der Waals surface area contributed by atoms with E-state index in [9.17, 15) is 5.11 Å². The molecule has 1 heterocycles. The number of hydrogen-bond donors (Lipinski definition) is 1. The molecule has 0 spiro atoms. The van der Waals surface area contributed by atoms with E-state index in [0.29, 0.717) is 0 Å². The number of likely N-dealkylation sites (tertiary alicyclic amines) is 1. The van der Waals surface area contributed by atoms with E-state index in [1.165, 1.54) is 0 Å². The second kappa shape index (κ2) is 2.98. The second-order valence-corrected chi connectivity index (χ2v) is 7.01. The number of rotatable bonds is 0. The zero-order valence-electron chi connectivity index (χ0n) is 11.6. The van der Waals surface area contributed by atoms with Gasteiger partial charge in [0.15, 0.2) is 0 Å². The Kier molecular flexibility index (Phi) is 2.58. The van der Waals surface area contributed by atoms with Crippen LogP contribution in [0, 0.1) is 5.41 Å². The van der Waals surface area contributed by atoms with Gasteiger partial charge in [-0.2, -0.15) is 0 Å². The first-order valence-corrected chi connectivity index (χ1v) is 5.83.